The van der Waals surface area contributed by atoms with Crippen LogP contribution in [0, 0.1) is 0 Å². The van der Waals surface area contributed by atoms with Crippen LogP contribution in [0.5, 0.6) is 0 Å². The summed E-state index contributed by atoms with van der Waals surface area (Å²) in [5, 5.41) is 2.92. The lowest BCUT2D eigenvalue weighted by Gasteiger charge is -2.20. The van der Waals surface area contributed by atoms with Gasteiger partial charge in [-0.25, -0.2) is 0 Å². The highest BCUT2D eigenvalue weighted by Gasteiger charge is 2.14. The van der Waals surface area contributed by atoms with Crippen LogP contribution in [0.3, 0.4) is 0 Å². The fourth-order valence-electron chi connectivity index (χ4n) is 2.35. The van der Waals surface area contributed by atoms with Crippen LogP contribution >= 0.6 is 0 Å². The van der Waals surface area contributed by atoms with Gasteiger partial charge in [-0.1, -0.05) is 12.1 Å². The Bertz CT molecular complexity index is 397. The average Bonchev–Trinajstić information content (AvgIpc) is 2.82. The highest BCUT2D eigenvalue weighted by Crippen LogP contribution is 2.23. The molecule has 92 valence electrons. The van der Waals surface area contributed by atoms with Crippen LogP contribution in [-0.2, 0) is 4.79 Å². The first kappa shape index (κ1) is 12.0. The number of rotatable bonds is 3. The quantitative estimate of drug-likeness (QED) is 0.868. The zero-order valence-electron chi connectivity index (χ0n) is 10.6. The number of amides is 1. The van der Waals surface area contributed by atoms with E-state index in [9.17, 15) is 4.79 Å². The Morgan fingerprint density at radius 1 is 1.35 bits per heavy atom. The molecule has 1 heterocycles. The van der Waals surface area contributed by atoms with Crippen molar-refractivity contribution >= 4 is 11.6 Å². The van der Waals surface area contributed by atoms with E-state index in [1.165, 1.54) is 24.1 Å². The summed E-state index contributed by atoms with van der Waals surface area (Å²) in [4.78, 5) is 13.5. The number of anilines is 1. The molecule has 1 aliphatic heterocycles. The summed E-state index contributed by atoms with van der Waals surface area (Å²) in [6.07, 6.45) is 2.57. The van der Waals surface area contributed by atoms with Gasteiger partial charge in [0.25, 0.3) is 0 Å². The lowest BCUT2D eigenvalue weighted by atomic mass is 10.1. The van der Waals surface area contributed by atoms with Crippen molar-refractivity contribution in [3.05, 3.63) is 29.8 Å². The summed E-state index contributed by atoms with van der Waals surface area (Å²) < 4.78 is 0. The molecule has 1 aliphatic rings. The standard InChI is InChI=1S/C14H20N2O/c1-11(15-12(2)17)13-6-5-7-14(10-13)16-8-3-4-9-16/h5-7,10-11H,3-4,8-9H2,1-2H3,(H,15,17). The van der Waals surface area contributed by atoms with E-state index >= 15 is 0 Å². The van der Waals surface area contributed by atoms with Crippen LogP contribution in [0.15, 0.2) is 24.3 Å². The van der Waals surface area contributed by atoms with Gasteiger partial charge in [0.1, 0.15) is 0 Å². The van der Waals surface area contributed by atoms with Gasteiger partial charge in [-0.15, -0.1) is 0 Å². The normalized spacial score (nSPS) is 16.9. The van der Waals surface area contributed by atoms with E-state index in [-0.39, 0.29) is 11.9 Å². The lowest BCUT2D eigenvalue weighted by molar-refractivity contribution is -0.119. The first-order chi connectivity index (χ1) is 8.16. The largest absolute Gasteiger partial charge is 0.372 e. The van der Waals surface area contributed by atoms with Crippen LogP contribution in [-0.4, -0.2) is 19.0 Å². The Labute approximate surface area is 103 Å². The summed E-state index contributed by atoms with van der Waals surface area (Å²) in [6.45, 7) is 5.88. The first-order valence-corrected chi connectivity index (χ1v) is 6.29. The van der Waals surface area contributed by atoms with Gasteiger partial charge in [0.05, 0.1) is 6.04 Å². The Hall–Kier alpha value is -1.51. The van der Waals surface area contributed by atoms with Crippen LogP contribution in [0.25, 0.3) is 0 Å². The third-order valence-corrected chi connectivity index (χ3v) is 3.26. The first-order valence-electron chi connectivity index (χ1n) is 6.29. The minimum atomic E-state index is 0.0177. The number of nitrogens with zero attached hydrogens (tertiary/aromatic N) is 1. The van der Waals surface area contributed by atoms with Crippen LogP contribution in [0.4, 0.5) is 5.69 Å². The monoisotopic (exact) mass is 232 g/mol. The Morgan fingerprint density at radius 2 is 2.06 bits per heavy atom. The van der Waals surface area contributed by atoms with Crippen molar-refractivity contribution in [1.82, 2.24) is 5.32 Å². The zero-order valence-corrected chi connectivity index (χ0v) is 10.6. The molecule has 0 aliphatic carbocycles. The van der Waals surface area contributed by atoms with Gasteiger partial charge in [0, 0.05) is 25.7 Å². The maximum absolute atomic E-state index is 11.0. The van der Waals surface area contributed by atoms with Gasteiger partial charge in [-0.2, -0.15) is 0 Å². The molecule has 1 aromatic carbocycles. The van der Waals surface area contributed by atoms with Crippen molar-refractivity contribution in [2.24, 2.45) is 0 Å². The van der Waals surface area contributed by atoms with Crippen molar-refractivity contribution < 1.29 is 4.79 Å². The molecule has 1 saturated heterocycles. The Kier molecular flexibility index (Phi) is 3.67. The van der Waals surface area contributed by atoms with Gasteiger partial charge in [0.15, 0.2) is 0 Å². The second-order valence-corrected chi connectivity index (χ2v) is 4.71. The highest BCUT2D eigenvalue weighted by atomic mass is 16.1. The number of carbonyl (C=O) groups is 1. The second kappa shape index (κ2) is 5.21. The predicted molar refractivity (Wildman–Crippen MR) is 70.1 cm³/mol. The zero-order chi connectivity index (χ0) is 12.3. The van der Waals surface area contributed by atoms with Gasteiger partial charge in [0.2, 0.25) is 5.91 Å². The maximum Gasteiger partial charge on any atom is 0.217 e. The topological polar surface area (TPSA) is 32.3 Å². The minimum absolute atomic E-state index is 0.0177. The van der Waals surface area contributed by atoms with Gasteiger partial charge < -0.3 is 10.2 Å². The van der Waals surface area contributed by atoms with E-state index in [0.717, 1.165) is 13.1 Å². The smallest absolute Gasteiger partial charge is 0.217 e. The summed E-state index contributed by atoms with van der Waals surface area (Å²) in [6, 6.07) is 8.55. The van der Waals surface area contributed by atoms with E-state index in [1.54, 1.807) is 6.92 Å². The molecule has 0 spiro atoms. The average molecular weight is 232 g/mol. The predicted octanol–water partition coefficient (Wildman–Crippen LogP) is 2.48. The summed E-state index contributed by atoms with van der Waals surface area (Å²) in [5.41, 5.74) is 2.45. The number of carbonyl (C=O) groups excluding carboxylic acids is 1. The molecule has 0 saturated carbocycles. The van der Waals surface area contributed by atoms with Crippen LogP contribution in [0.2, 0.25) is 0 Å². The van der Waals surface area contributed by atoms with E-state index in [0.29, 0.717) is 0 Å². The summed E-state index contributed by atoms with van der Waals surface area (Å²) in [7, 11) is 0. The summed E-state index contributed by atoms with van der Waals surface area (Å²) in [5.74, 6) is 0.0177. The molecule has 3 nitrogen and oxygen atoms in total. The third-order valence-electron chi connectivity index (χ3n) is 3.26. The van der Waals surface area contributed by atoms with Crippen molar-refractivity contribution in [3.63, 3.8) is 0 Å². The summed E-state index contributed by atoms with van der Waals surface area (Å²) >= 11 is 0. The molecule has 1 fully saturated rings. The van der Waals surface area contributed by atoms with E-state index in [4.69, 9.17) is 0 Å². The molecule has 17 heavy (non-hydrogen) atoms. The molecule has 0 bridgehead atoms. The van der Waals surface area contributed by atoms with Crippen LogP contribution in [0.1, 0.15) is 38.3 Å². The van der Waals surface area contributed by atoms with Gasteiger partial charge >= 0.3 is 0 Å². The van der Waals surface area contributed by atoms with Crippen molar-refractivity contribution in [1.29, 1.82) is 0 Å². The van der Waals surface area contributed by atoms with Crippen molar-refractivity contribution in [3.8, 4) is 0 Å². The molecular weight excluding hydrogens is 212 g/mol. The molecule has 0 radical (unpaired) electrons. The highest BCUT2D eigenvalue weighted by molar-refractivity contribution is 5.73. The van der Waals surface area contributed by atoms with Crippen molar-refractivity contribution in [2.45, 2.75) is 32.7 Å². The van der Waals surface area contributed by atoms with Gasteiger partial charge in [-0.05, 0) is 37.5 Å². The molecule has 2 rings (SSSR count). The Morgan fingerprint density at radius 3 is 2.71 bits per heavy atom. The number of hydrogen-bond acceptors (Lipinski definition) is 2. The van der Waals surface area contributed by atoms with Gasteiger partial charge in [-0.3, -0.25) is 4.79 Å². The molecule has 1 aromatic rings. The fourth-order valence-corrected chi connectivity index (χ4v) is 2.35. The van der Waals surface area contributed by atoms with Crippen molar-refractivity contribution in [2.75, 3.05) is 18.0 Å². The number of hydrogen-bond donors (Lipinski definition) is 1. The fraction of sp³-hybridized carbons (Fsp3) is 0.500. The molecule has 1 atom stereocenters. The minimum Gasteiger partial charge on any atom is -0.372 e. The van der Waals surface area contributed by atoms with E-state index in [2.05, 4.69) is 34.5 Å². The van der Waals surface area contributed by atoms with E-state index in [1.807, 2.05) is 6.92 Å². The molecule has 1 N–H and O–H groups in total. The number of benzene rings is 1. The molecule has 1 amide bonds. The second-order valence-electron chi connectivity index (χ2n) is 4.71. The maximum atomic E-state index is 11.0. The Balaban J connectivity index is 2.12. The lowest BCUT2D eigenvalue weighted by Crippen LogP contribution is -2.24. The molecule has 1 unspecified atom stereocenters. The third kappa shape index (κ3) is 2.99. The van der Waals surface area contributed by atoms with Crippen LogP contribution < -0.4 is 10.2 Å². The SMILES string of the molecule is CC(=O)NC(C)c1cccc(N2CCCC2)c1. The molecule has 3 heteroatoms. The molecular formula is C14H20N2O. The number of nitrogens with one attached hydrogen (secondary N) is 1. The molecule has 0 aromatic heterocycles. The van der Waals surface area contributed by atoms with E-state index < -0.39 is 0 Å².